The molecule has 0 amide bonds. The molecule has 0 aliphatic rings. The Balaban J connectivity index is 2.93. The Morgan fingerprint density at radius 2 is 2.00 bits per heavy atom. The van der Waals surface area contributed by atoms with E-state index in [1.165, 1.54) is 0 Å². The lowest BCUT2D eigenvalue weighted by molar-refractivity contribution is 0.544. The second-order valence-electron chi connectivity index (χ2n) is 2.46. The second-order valence-corrected chi connectivity index (χ2v) is 2.94. The summed E-state index contributed by atoms with van der Waals surface area (Å²) >= 11 is 3.97. The van der Waals surface area contributed by atoms with E-state index in [9.17, 15) is 4.79 Å². The van der Waals surface area contributed by atoms with Crippen molar-refractivity contribution >= 4 is 23.6 Å². The summed E-state index contributed by atoms with van der Waals surface area (Å²) in [5.74, 6) is 0. The Morgan fingerprint density at radius 3 is 2.83 bits per heavy atom. The first-order chi connectivity index (χ1) is 5.77. The molecule has 0 spiro atoms. The van der Waals surface area contributed by atoms with Crippen LogP contribution in [0.2, 0.25) is 0 Å². The minimum absolute atomic E-state index is 0.341. The first-order valence-corrected chi connectivity index (χ1v) is 3.94. The third-order valence-corrected chi connectivity index (χ3v) is 1.93. The van der Waals surface area contributed by atoms with Crippen molar-refractivity contribution in [3.05, 3.63) is 40.8 Å². The molecule has 2 rings (SSSR count). The van der Waals surface area contributed by atoms with Crippen molar-refractivity contribution in [3.8, 4) is 0 Å². The molecule has 2 nitrogen and oxygen atoms in total. The Hall–Kier alpha value is -1.22. The summed E-state index contributed by atoms with van der Waals surface area (Å²) < 4.78 is 4.96. The highest BCUT2D eigenvalue weighted by Gasteiger charge is 1.99. The molecule has 0 N–H and O–H groups in total. The number of thiol groups is 1. The maximum Gasteiger partial charge on any atom is 0.349 e. The van der Waals surface area contributed by atoms with Gasteiger partial charge in [0.05, 0.1) is 4.90 Å². The zero-order chi connectivity index (χ0) is 8.55. The summed E-state index contributed by atoms with van der Waals surface area (Å²) in [7, 11) is 0. The molecule has 0 aliphatic carbocycles. The van der Waals surface area contributed by atoms with Crippen LogP contribution in [0.1, 0.15) is 0 Å². The van der Waals surface area contributed by atoms with Crippen molar-refractivity contribution in [2.45, 2.75) is 4.90 Å². The van der Waals surface area contributed by atoms with Gasteiger partial charge in [-0.2, -0.15) is 0 Å². The van der Waals surface area contributed by atoms with Gasteiger partial charge < -0.3 is 4.42 Å². The van der Waals surface area contributed by atoms with E-state index in [0.717, 1.165) is 5.39 Å². The van der Waals surface area contributed by atoms with E-state index in [-0.39, 0.29) is 0 Å². The van der Waals surface area contributed by atoms with Gasteiger partial charge in [-0.25, -0.2) is 4.79 Å². The maximum absolute atomic E-state index is 11.0. The number of hydrogen-bond acceptors (Lipinski definition) is 3. The van der Waals surface area contributed by atoms with Gasteiger partial charge in [-0.05, 0) is 12.1 Å². The zero-order valence-electron chi connectivity index (χ0n) is 6.15. The minimum Gasteiger partial charge on any atom is -0.422 e. The molecular formula is C9H6O2S. The first-order valence-electron chi connectivity index (χ1n) is 3.49. The predicted molar refractivity (Wildman–Crippen MR) is 49.7 cm³/mol. The number of rotatable bonds is 0. The molecule has 0 saturated heterocycles. The molecule has 0 bridgehead atoms. The molecule has 3 heteroatoms. The molecule has 1 aromatic carbocycles. The molecule has 60 valence electrons. The van der Waals surface area contributed by atoms with Crippen molar-refractivity contribution in [3.63, 3.8) is 0 Å². The summed E-state index contributed by atoms with van der Waals surface area (Å²) in [4.78, 5) is 11.3. The van der Waals surface area contributed by atoms with Crippen LogP contribution < -0.4 is 5.63 Å². The highest BCUT2D eigenvalue weighted by molar-refractivity contribution is 7.80. The fourth-order valence-electron chi connectivity index (χ4n) is 1.05. The van der Waals surface area contributed by atoms with E-state index in [4.69, 9.17) is 4.42 Å². The van der Waals surface area contributed by atoms with Crippen molar-refractivity contribution in [1.82, 2.24) is 0 Å². The van der Waals surface area contributed by atoms with Crippen LogP contribution in [-0.4, -0.2) is 0 Å². The molecule has 0 unspecified atom stereocenters. The molecule has 2 aromatic rings. The Bertz CT molecular complexity index is 473. The van der Waals surface area contributed by atoms with Crippen molar-refractivity contribution in [2.75, 3.05) is 0 Å². The molecular weight excluding hydrogens is 172 g/mol. The van der Waals surface area contributed by atoms with Crippen LogP contribution in [0.25, 0.3) is 11.0 Å². The summed E-state index contributed by atoms with van der Waals surface area (Å²) in [6, 6.07) is 9.03. The summed E-state index contributed by atoms with van der Waals surface area (Å²) in [6.07, 6.45) is 0. The van der Waals surface area contributed by atoms with Crippen molar-refractivity contribution in [2.24, 2.45) is 0 Å². The van der Waals surface area contributed by atoms with E-state index in [2.05, 4.69) is 12.6 Å². The van der Waals surface area contributed by atoms with Crippen LogP contribution in [0.15, 0.2) is 44.4 Å². The molecule has 0 aliphatic heterocycles. The van der Waals surface area contributed by atoms with Crippen LogP contribution in [-0.2, 0) is 0 Å². The van der Waals surface area contributed by atoms with Gasteiger partial charge in [0.1, 0.15) is 5.58 Å². The van der Waals surface area contributed by atoms with Gasteiger partial charge >= 0.3 is 5.63 Å². The molecule has 12 heavy (non-hydrogen) atoms. The SMILES string of the molecule is O=c1oc2ccccc2cc1S. The lowest BCUT2D eigenvalue weighted by Crippen LogP contribution is -1.98. The van der Waals surface area contributed by atoms with Gasteiger partial charge in [-0.3, -0.25) is 0 Å². The highest BCUT2D eigenvalue weighted by Crippen LogP contribution is 2.13. The monoisotopic (exact) mass is 178 g/mol. The van der Waals surface area contributed by atoms with Crippen LogP contribution >= 0.6 is 12.6 Å². The van der Waals surface area contributed by atoms with E-state index in [1.54, 1.807) is 12.1 Å². The van der Waals surface area contributed by atoms with Crippen molar-refractivity contribution < 1.29 is 4.42 Å². The number of para-hydroxylation sites is 1. The summed E-state index contributed by atoms with van der Waals surface area (Å²) in [5.41, 5.74) is 0.206. The Labute approximate surface area is 74.2 Å². The molecule has 0 atom stereocenters. The van der Waals surface area contributed by atoms with E-state index in [0.29, 0.717) is 10.5 Å². The third-order valence-electron chi connectivity index (χ3n) is 1.62. The van der Waals surface area contributed by atoms with E-state index in [1.807, 2.05) is 18.2 Å². The lowest BCUT2D eigenvalue weighted by Gasteiger charge is -1.94. The number of fused-ring (bicyclic) bond motifs is 1. The topological polar surface area (TPSA) is 30.2 Å². The minimum atomic E-state index is -0.392. The van der Waals surface area contributed by atoms with Gasteiger partial charge in [0.15, 0.2) is 0 Å². The summed E-state index contributed by atoms with van der Waals surface area (Å²) in [6.45, 7) is 0. The largest absolute Gasteiger partial charge is 0.422 e. The van der Waals surface area contributed by atoms with Gasteiger partial charge in [0, 0.05) is 5.39 Å². The fourth-order valence-corrected chi connectivity index (χ4v) is 1.24. The van der Waals surface area contributed by atoms with Crippen LogP contribution in [0.3, 0.4) is 0 Å². The predicted octanol–water partition coefficient (Wildman–Crippen LogP) is 2.08. The third kappa shape index (κ3) is 1.12. The standard InChI is InChI=1S/C9H6O2S/c10-9-8(12)5-6-3-1-2-4-7(6)11-9/h1-5,12H. The molecule has 1 heterocycles. The molecule has 0 fully saturated rings. The molecule has 1 aromatic heterocycles. The molecule has 0 saturated carbocycles. The highest BCUT2D eigenvalue weighted by atomic mass is 32.1. The maximum atomic E-state index is 11.0. The van der Waals surface area contributed by atoms with Gasteiger partial charge in [-0.15, -0.1) is 12.6 Å². The average molecular weight is 178 g/mol. The Morgan fingerprint density at radius 1 is 1.25 bits per heavy atom. The quantitative estimate of drug-likeness (QED) is 0.494. The Kier molecular flexibility index (Phi) is 1.66. The smallest absolute Gasteiger partial charge is 0.349 e. The van der Waals surface area contributed by atoms with Crippen LogP contribution in [0, 0.1) is 0 Å². The zero-order valence-corrected chi connectivity index (χ0v) is 7.04. The van der Waals surface area contributed by atoms with Crippen molar-refractivity contribution in [1.29, 1.82) is 0 Å². The lowest BCUT2D eigenvalue weighted by atomic mass is 10.2. The second kappa shape index (κ2) is 2.68. The van der Waals surface area contributed by atoms with E-state index >= 15 is 0 Å². The number of benzene rings is 1. The van der Waals surface area contributed by atoms with Crippen LogP contribution in [0.4, 0.5) is 0 Å². The average Bonchev–Trinajstić information content (AvgIpc) is 2.07. The van der Waals surface area contributed by atoms with Crippen LogP contribution in [0.5, 0.6) is 0 Å². The van der Waals surface area contributed by atoms with Gasteiger partial charge in [-0.1, -0.05) is 18.2 Å². The van der Waals surface area contributed by atoms with E-state index < -0.39 is 5.63 Å². The normalized spacial score (nSPS) is 10.4. The fraction of sp³-hybridized carbons (Fsp3) is 0. The number of hydrogen-bond donors (Lipinski definition) is 1. The first kappa shape index (κ1) is 7.43. The summed E-state index contributed by atoms with van der Waals surface area (Å²) in [5, 5.41) is 0.891. The molecule has 0 radical (unpaired) electrons. The van der Waals surface area contributed by atoms with Gasteiger partial charge in [0.25, 0.3) is 0 Å². The van der Waals surface area contributed by atoms with Gasteiger partial charge in [0.2, 0.25) is 0 Å².